The van der Waals surface area contributed by atoms with Crippen LogP contribution >= 0.6 is 0 Å². The third kappa shape index (κ3) is 5.04. The first kappa shape index (κ1) is 13.8. The maximum atomic E-state index is 8.63. The van der Waals surface area contributed by atoms with Gasteiger partial charge in [0.25, 0.3) is 0 Å². The number of benzene rings is 1. The van der Waals surface area contributed by atoms with E-state index in [1.807, 2.05) is 12.1 Å². The smallest absolute Gasteiger partial charge is 0.0540 e. The molecule has 17 heavy (non-hydrogen) atoms. The summed E-state index contributed by atoms with van der Waals surface area (Å²) in [4.78, 5) is 2.38. The van der Waals surface area contributed by atoms with Crippen LogP contribution in [-0.2, 0) is 6.54 Å². The predicted molar refractivity (Wildman–Crippen MR) is 71.6 cm³/mol. The molecular weight excluding hydrogens is 210 g/mol. The summed E-state index contributed by atoms with van der Waals surface area (Å²) in [5, 5.41) is 8.63. The summed E-state index contributed by atoms with van der Waals surface area (Å²) in [6, 6.07) is 8.34. The molecular formula is C15H21NO. The van der Waals surface area contributed by atoms with E-state index in [9.17, 15) is 0 Å². The minimum absolute atomic E-state index is 0.132. The van der Waals surface area contributed by atoms with E-state index < -0.39 is 0 Å². The van der Waals surface area contributed by atoms with Crippen molar-refractivity contribution in [3.8, 4) is 11.8 Å². The van der Waals surface area contributed by atoms with Gasteiger partial charge >= 0.3 is 0 Å². The summed E-state index contributed by atoms with van der Waals surface area (Å²) in [6.07, 6.45) is 0.543. The summed E-state index contributed by atoms with van der Waals surface area (Å²) >= 11 is 0. The maximum Gasteiger partial charge on any atom is 0.0540 e. The van der Waals surface area contributed by atoms with Gasteiger partial charge in [0.2, 0.25) is 0 Å². The standard InChI is InChI=1S/C15H21NO/c1-3-16(4-2)13-15-10-8-14(9-11-15)7-5-6-12-17/h8-11,17H,3-4,6,12-13H2,1-2H3. The SMILES string of the molecule is CCN(CC)Cc1ccc(C#CCCO)cc1. The molecule has 0 saturated heterocycles. The second-order valence-corrected chi connectivity index (χ2v) is 3.93. The second-order valence-electron chi connectivity index (χ2n) is 3.93. The lowest BCUT2D eigenvalue weighted by Gasteiger charge is -2.17. The Morgan fingerprint density at radius 1 is 1.12 bits per heavy atom. The van der Waals surface area contributed by atoms with Crippen LogP contribution in [0.15, 0.2) is 24.3 Å². The molecule has 1 rings (SSSR count). The molecule has 0 fully saturated rings. The van der Waals surface area contributed by atoms with Gasteiger partial charge in [-0.05, 0) is 30.8 Å². The Bertz CT molecular complexity index is 368. The van der Waals surface area contributed by atoms with Gasteiger partial charge in [-0.25, -0.2) is 0 Å². The van der Waals surface area contributed by atoms with E-state index in [4.69, 9.17) is 5.11 Å². The fourth-order valence-electron chi connectivity index (χ4n) is 1.62. The van der Waals surface area contributed by atoms with Crippen LogP contribution in [-0.4, -0.2) is 29.7 Å². The monoisotopic (exact) mass is 231 g/mol. The molecule has 0 heterocycles. The molecule has 1 aromatic carbocycles. The maximum absolute atomic E-state index is 8.63. The van der Waals surface area contributed by atoms with Crippen molar-refractivity contribution in [1.29, 1.82) is 0 Å². The van der Waals surface area contributed by atoms with Crippen LogP contribution < -0.4 is 0 Å². The Kier molecular flexibility index (Phi) is 6.39. The van der Waals surface area contributed by atoms with Gasteiger partial charge < -0.3 is 5.11 Å². The summed E-state index contributed by atoms with van der Waals surface area (Å²) in [6.45, 7) is 7.64. The van der Waals surface area contributed by atoms with E-state index in [-0.39, 0.29) is 6.61 Å². The third-order valence-electron chi connectivity index (χ3n) is 2.72. The fourth-order valence-corrected chi connectivity index (χ4v) is 1.62. The van der Waals surface area contributed by atoms with Crippen molar-refractivity contribution < 1.29 is 5.11 Å². The fraction of sp³-hybridized carbons (Fsp3) is 0.467. The van der Waals surface area contributed by atoms with Crippen molar-refractivity contribution in [3.05, 3.63) is 35.4 Å². The van der Waals surface area contributed by atoms with Crippen molar-refractivity contribution in [3.63, 3.8) is 0 Å². The molecule has 92 valence electrons. The Labute approximate surface area is 104 Å². The largest absolute Gasteiger partial charge is 0.395 e. The average molecular weight is 231 g/mol. The van der Waals surface area contributed by atoms with Crippen LogP contribution in [0, 0.1) is 11.8 Å². The normalized spacial score (nSPS) is 10.1. The van der Waals surface area contributed by atoms with E-state index in [0.717, 1.165) is 25.2 Å². The Hall–Kier alpha value is -1.30. The minimum Gasteiger partial charge on any atom is -0.395 e. The van der Waals surface area contributed by atoms with Crippen molar-refractivity contribution in [2.24, 2.45) is 0 Å². The topological polar surface area (TPSA) is 23.5 Å². The summed E-state index contributed by atoms with van der Waals surface area (Å²) in [7, 11) is 0. The van der Waals surface area contributed by atoms with Gasteiger partial charge in [-0.1, -0.05) is 37.8 Å². The molecule has 0 bridgehead atoms. The third-order valence-corrected chi connectivity index (χ3v) is 2.72. The quantitative estimate of drug-likeness (QED) is 0.786. The number of hydrogen-bond donors (Lipinski definition) is 1. The number of hydrogen-bond acceptors (Lipinski definition) is 2. The number of rotatable bonds is 5. The lowest BCUT2D eigenvalue weighted by Crippen LogP contribution is -2.21. The van der Waals surface area contributed by atoms with Gasteiger partial charge in [0, 0.05) is 18.5 Å². The molecule has 1 N–H and O–H groups in total. The first-order valence-corrected chi connectivity index (χ1v) is 6.21. The first-order chi connectivity index (χ1) is 8.30. The minimum atomic E-state index is 0.132. The van der Waals surface area contributed by atoms with Crippen molar-refractivity contribution in [2.75, 3.05) is 19.7 Å². The van der Waals surface area contributed by atoms with E-state index in [0.29, 0.717) is 6.42 Å². The summed E-state index contributed by atoms with van der Waals surface area (Å²) < 4.78 is 0. The number of aliphatic hydroxyl groups excluding tert-OH is 1. The average Bonchev–Trinajstić information content (AvgIpc) is 2.38. The zero-order valence-electron chi connectivity index (χ0n) is 10.7. The lowest BCUT2D eigenvalue weighted by atomic mass is 10.1. The second kappa shape index (κ2) is 7.89. The van der Waals surface area contributed by atoms with Gasteiger partial charge in [0.15, 0.2) is 0 Å². The van der Waals surface area contributed by atoms with E-state index in [2.05, 4.69) is 42.7 Å². The van der Waals surface area contributed by atoms with Gasteiger partial charge in [-0.3, -0.25) is 4.90 Å². The van der Waals surface area contributed by atoms with Gasteiger partial charge in [-0.15, -0.1) is 0 Å². The highest BCUT2D eigenvalue weighted by molar-refractivity contribution is 5.36. The molecule has 0 amide bonds. The highest BCUT2D eigenvalue weighted by Crippen LogP contribution is 2.06. The molecule has 0 aliphatic heterocycles. The molecule has 0 aromatic heterocycles. The van der Waals surface area contributed by atoms with E-state index in [1.54, 1.807) is 0 Å². The van der Waals surface area contributed by atoms with Gasteiger partial charge in [0.1, 0.15) is 0 Å². The Balaban J connectivity index is 2.59. The summed E-state index contributed by atoms with van der Waals surface area (Å²) in [5.41, 5.74) is 2.34. The predicted octanol–water partition coefficient (Wildman–Crippen LogP) is 2.26. The van der Waals surface area contributed by atoms with Gasteiger partial charge in [-0.2, -0.15) is 0 Å². The summed E-state index contributed by atoms with van der Waals surface area (Å²) in [5.74, 6) is 5.95. The first-order valence-electron chi connectivity index (χ1n) is 6.21. The molecule has 1 aromatic rings. The van der Waals surface area contributed by atoms with Crippen LogP contribution in [0.4, 0.5) is 0 Å². The van der Waals surface area contributed by atoms with Crippen LogP contribution in [0.2, 0.25) is 0 Å². The van der Waals surface area contributed by atoms with Crippen molar-refractivity contribution in [2.45, 2.75) is 26.8 Å². The molecule has 0 radical (unpaired) electrons. The zero-order valence-corrected chi connectivity index (χ0v) is 10.7. The van der Waals surface area contributed by atoms with Gasteiger partial charge in [0.05, 0.1) is 6.61 Å². The van der Waals surface area contributed by atoms with Crippen LogP contribution in [0.5, 0.6) is 0 Å². The molecule has 0 saturated carbocycles. The van der Waals surface area contributed by atoms with Crippen molar-refractivity contribution in [1.82, 2.24) is 4.90 Å². The van der Waals surface area contributed by atoms with Crippen LogP contribution in [0.1, 0.15) is 31.4 Å². The van der Waals surface area contributed by atoms with Crippen LogP contribution in [0.3, 0.4) is 0 Å². The van der Waals surface area contributed by atoms with E-state index >= 15 is 0 Å². The molecule has 0 aliphatic rings. The Morgan fingerprint density at radius 3 is 2.29 bits per heavy atom. The lowest BCUT2D eigenvalue weighted by molar-refractivity contribution is 0.296. The molecule has 0 atom stereocenters. The highest BCUT2D eigenvalue weighted by atomic mass is 16.2. The molecule has 0 unspecified atom stereocenters. The molecule has 0 spiro atoms. The van der Waals surface area contributed by atoms with Crippen molar-refractivity contribution >= 4 is 0 Å². The molecule has 2 nitrogen and oxygen atoms in total. The Morgan fingerprint density at radius 2 is 1.76 bits per heavy atom. The highest BCUT2D eigenvalue weighted by Gasteiger charge is 2.00. The molecule has 0 aliphatic carbocycles. The number of nitrogens with zero attached hydrogens (tertiary/aromatic N) is 1. The molecule has 2 heteroatoms. The van der Waals surface area contributed by atoms with E-state index in [1.165, 1.54) is 5.56 Å². The zero-order chi connectivity index (χ0) is 12.5. The number of aliphatic hydroxyl groups is 1. The van der Waals surface area contributed by atoms with Crippen LogP contribution in [0.25, 0.3) is 0 Å².